The Morgan fingerprint density at radius 3 is 2.72 bits per heavy atom. The second-order valence-electron chi connectivity index (χ2n) is 6.79. The number of hydrogen-bond donors (Lipinski definition) is 3. The van der Waals surface area contributed by atoms with Crippen LogP contribution in [0.1, 0.15) is 31.2 Å². The van der Waals surface area contributed by atoms with Gasteiger partial charge in [0.2, 0.25) is 11.8 Å². The predicted octanol–water partition coefficient (Wildman–Crippen LogP) is 1.03. The van der Waals surface area contributed by atoms with Crippen LogP contribution < -0.4 is 16.4 Å². The minimum atomic E-state index is -0.398. The third-order valence-corrected chi connectivity index (χ3v) is 5.21. The molecule has 7 heteroatoms. The van der Waals surface area contributed by atoms with Crippen LogP contribution in [0.15, 0.2) is 24.3 Å². The van der Waals surface area contributed by atoms with E-state index in [0.29, 0.717) is 37.5 Å². The van der Waals surface area contributed by atoms with Gasteiger partial charge < -0.3 is 21.3 Å². The topological polar surface area (TPSA) is 87.5 Å². The number of benzene rings is 1. The van der Waals surface area contributed by atoms with Crippen molar-refractivity contribution in [1.29, 1.82) is 0 Å². The van der Waals surface area contributed by atoms with E-state index in [1.54, 1.807) is 4.90 Å². The van der Waals surface area contributed by atoms with Crippen LogP contribution in [-0.4, -0.2) is 47.9 Å². The summed E-state index contributed by atoms with van der Waals surface area (Å²) in [5.74, 6) is 0.00514. The molecule has 0 unspecified atom stereocenters. The van der Waals surface area contributed by atoms with Crippen LogP contribution in [0.5, 0.6) is 0 Å². The molecule has 2 heterocycles. The summed E-state index contributed by atoms with van der Waals surface area (Å²) in [4.78, 5) is 26.7. The van der Waals surface area contributed by atoms with Gasteiger partial charge in [0.15, 0.2) is 0 Å². The first-order valence-corrected chi connectivity index (χ1v) is 9.25. The number of unbranched alkanes of at least 4 members (excludes halogenated alkanes) is 1. The molecule has 2 aliphatic heterocycles. The zero-order valence-corrected chi connectivity index (χ0v) is 15.0. The molecule has 0 aromatic heterocycles. The Labute approximate surface area is 153 Å². The van der Waals surface area contributed by atoms with Crippen LogP contribution in [-0.2, 0) is 16.1 Å². The quantitative estimate of drug-likeness (QED) is 0.630. The number of nitrogens with one attached hydrogen (secondary N) is 2. The summed E-state index contributed by atoms with van der Waals surface area (Å²) >= 11 is 5.90. The molecule has 1 aromatic carbocycles. The molecule has 4 N–H and O–H groups in total. The van der Waals surface area contributed by atoms with Crippen molar-refractivity contribution >= 4 is 23.4 Å². The van der Waals surface area contributed by atoms with Gasteiger partial charge in [-0.25, -0.2) is 0 Å². The third kappa shape index (κ3) is 4.32. The highest BCUT2D eigenvalue weighted by Gasteiger charge is 2.45. The van der Waals surface area contributed by atoms with E-state index in [0.717, 1.165) is 18.4 Å². The average molecular weight is 365 g/mol. The smallest absolute Gasteiger partial charge is 0.245 e. The first-order chi connectivity index (χ1) is 12.1. The maximum absolute atomic E-state index is 12.6. The van der Waals surface area contributed by atoms with Gasteiger partial charge in [0.25, 0.3) is 0 Å². The van der Waals surface area contributed by atoms with E-state index in [9.17, 15) is 9.59 Å². The summed E-state index contributed by atoms with van der Waals surface area (Å²) < 4.78 is 0. The zero-order valence-electron chi connectivity index (χ0n) is 14.2. The van der Waals surface area contributed by atoms with Crippen molar-refractivity contribution in [2.45, 2.75) is 50.4 Å². The number of amides is 2. The SMILES string of the molecule is NCCCC[C@@H]1NC(=O)[C@@H]2C[C@H](NCc3ccc(Cl)cc3)CN2C1=O. The van der Waals surface area contributed by atoms with Gasteiger partial charge in [-0.2, -0.15) is 0 Å². The fourth-order valence-corrected chi connectivity index (χ4v) is 3.68. The number of carbonyl (C=O) groups is 2. The molecule has 0 bridgehead atoms. The molecule has 6 nitrogen and oxygen atoms in total. The molecule has 2 saturated heterocycles. The molecule has 3 atom stereocenters. The van der Waals surface area contributed by atoms with Crippen molar-refractivity contribution in [3.63, 3.8) is 0 Å². The predicted molar refractivity (Wildman–Crippen MR) is 97.0 cm³/mol. The van der Waals surface area contributed by atoms with Crippen LogP contribution in [0.4, 0.5) is 0 Å². The second kappa shape index (κ2) is 8.17. The molecule has 0 aliphatic carbocycles. The minimum absolute atomic E-state index is 0.0341. The molecular formula is C18H25ClN4O2. The molecular weight excluding hydrogens is 340 g/mol. The van der Waals surface area contributed by atoms with E-state index >= 15 is 0 Å². The second-order valence-corrected chi connectivity index (χ2v) is 7.23. The standard InChI is InChI=1S/C18H25ClN4O2/c19-13-6-4-12(5-7-13)10-21-14-9-16-17(24)22-15(3-1-2-8-20)18(25)23(16)11-14/h4-7,14-16,21H,1-3,8-11,20H2,(H,22,24)/t14-,15-,16-/m0/s1. The summed E-state index contributed by atoms with van der Waals surface area (Å²) in [7, 11) is 0. The molecule has 136 valence electrons. The molecule has 0 radical (unpaired) electrons. The van der Waals surface area contributed by atoms with Gasteiger partial charge in [-0.1, -0.05) is 23.7 Å². The molecule has 2 aliphatic rings. The largest absolute Gasteiger partial charge is 0.343 e. The van der Waals surface area contributed by atoms with Crippen molar-refractivity contribution in [3.8, 4) is 0 Å². The Balaban J connectivity index is 1.55. The number of carbonyl (C=O) groups excluding carboxylic acids is 2. The van der Waals surface area contributed by atoms with Gasteiger partial charge >= 0.3 is 0 Å². The van der Waals surface area contributed by atoms with E-state index in [4.69, 9.17) is 17.3 Å². The lowest BCUT2D eigenvalue weighted by Gasteiger charge is -2.34. The van der Waals surface area contributed by atoms with Gasteiger partial charge in [-0.3, -0.25) is 9.59 Å². The summed E-state index contributed by atoms with van der Waals surface area (Å²) in [6.45, 7) is 1.88. The highest BCUT2D eigenvalue weighted by molar-refractivity contribution is 6.30. The van der Waals surface area contributed by atoms with Gasteiger partial charge in [-0.05, 0) is 49.9 Å². The number of nitrogens with zero attached hydrogens (tertiary/aromatic N) is 1. The maximum atomic E-state index is 12.6. The Morgan fingerprint density at radius 2 is 2.00 bits per heavy atom. The average Bonchev–Trinajstić information content (AvgIpc) is 3.04. The lowest BCUT2D eigenvalue weighted by Crippen LogP contribution is -2.61. The Kier molecular flexibility index (Phi) is 5.93. The highest BCUT2D eigenvalue weighted by atomic mass is 35.5. The van der Waals surface area contributed by atoms with Gasteiger partial charge in [0.1, 0.15) is 12.1 Å². The molecule has 2 amide bonds. The molecule has 2 fully saturated rings. The highest BCUT2D eigenvalue weighted by Crippen LogP contribution is 2.24. The van der Waals surface area contributed by atoms with Gasteiger partial charge in [0.05, 0.1) is 0 Å². The third-order valence-electron chi connectivity index (χ3n) is 4.96. The van der Waals surface area contributed by atoms with E-state index in [1.165, 1.54) is 0 Å². The van der Waals surface area contributed by atoms with Crippen molar-refractivity contribution in [2.24, 2.45) is 5.73 Å². The number of fused-ring (bicyclic) bond motifs is 1. The number of nitrogens with two attached hydrogens (primary N) is 1. The summed E-state index contributed by atoms with van der Waals surface area (Å²) in [5.41, 5.74) is 6.63. The monoisotopic (exact) mass is 364 g/mol. The molecule has 1 aromatic rings. The van der Waals surface area contributed by atoms with Gasteiger partial charge in [-0.15, -0.1) is 0 Å². The summed E-state index contributed by atoms with van der Waals surface area (Å²) in [6, 6.07) is 7.05. The summed E-state index contributed by atoms with van der Waals surface area (Å²) in [5, 5.41) is 7.04. The number of rotatable bonds is 7. The lowest BCUT2D eigenvalue weighted by atomic mass is 10.0. The van der Waals surface area contributed by atoms with Crippen LogP contribution >= 0.6 is 11.6 Å². The molecule has 0 spiro atoms. The number of halogens is 1. The lowest BCUT2D eigenvalue weighted by molar-refractivity contribution is -0.147. The van der Waals surface area contributed by atoms with Crippen LogP contribution in [0.2, 0.25) is 5.02 Å². The molecule has 25 heavy (non-hydrogen) atoms. The van der Waals surface area contributed by atoms with E-state index in [2.05, 4.69) is 10.6 Å². The van der Waals surface area contributed by atoms with Crippen LogP contribution in [0.3, 0.4) is 0 Å². The van der Waals surface area contributed by atoms with Crippen LogP contribution in [0.25, 0.3) is 0 Å². The molecule has 3 rings (SSSR count). The van der Waals surface area contributed by atoms with Crippen molar-refractivity contribution in [2.75, 3.05) is 13.1 Å². The van der Waals surface area contributed by atoms with Crippen molar-refractivity contribution < 1.29 is 9.59 Å². The van der Waals surface area contributed by atoms with Crippen LogP contribution in [0, 0.1) is 0 Å². The number of hydrogen-bond acceptors (Lipinski definition) is 4. The fraction of sp³-hybridized carbons (Fsp3) is 0.556. The van der Waals surface area contributed by atoms with E-state index in [-0.39, 0.29) is 23.9 Å². The maximum Gasteiger partial charge on any atom is 0.245 e. The minimum Gasteiger partial charge on any atom is -0.343 e. The fourth-order valence-electron chi connectivity index (χ4n) is 3.56. The van der Waals surface area contributed by atoms with E-state index < -0.39 is 6.04 Å². The Bertz CT molecular complexity index is 622. The first-order valence-electron chi connectivity index (χ1n) is 8.87. The number of piperazine rings is 1. The van der Waals surface area contributed by atoms with E-state index in [1.807, 2.05) is 24.3 Å². The zero-order chi connectivity index (χ0) is 17.8. The Hall–Kier alpha value is -1.63. The normalized spacial score (nSPS) is 25.8. The van der Waals surface area contributed by atoms with Gasteiger partial charge in [0, 0.05) is 24.2 Å². The molecule has 0 saturated carbocycles. The van der Waals surface area contributed by atoms with Crippen molar-refractivity contribution in [1.82, 2.24) is 15.5 Å². The van der Waals surface area contributed by atoms with Crippen molar-refractivity contribution in [3.05, 3.63) is 34.9 Å². The first kappa shape index (κ1) is 18.2. The Morgan fingerprint density at radius 1 is 1.24 bits per heavy atom. The summed E-state index contributed by atoms with van der Waals surface area (Å²) in [6.07, 6.45) is 3.03.